The van der Waals surface area contributed by atoms with Crippen LogP contribution >= 0.6 is 0 Å². The number of esters is 2. The fraction of sp³-hybridized carbons (Fsp3) is 0.449. The number of nitrogens with zero attached hydrogens (tertiary/aromatic N) is 10. The van der Waals surface area contributed by atoms with Crippen molar-refractivity contribution < 1.29 is 88.8 Å². The van der Waals surface area contributed by atoms with Gasteiger partial charge in [-0.1, -0.05) is 0 Å². The van der Waals surface area contributed by atoms with Crippen LogP contribution in [0.25, 0.3) is 0 Å². The van der Waals surface area contributed by atoms with Gasteiger partial charge in [-0.15, -0.1) is 0 Å². The summed E-state index contributed by atoms with van der Waals surface area (Å²) in [6.07, 6.45) is 17.5. The molecule has 8 N–H and O–H groups in total. The number of nitrogens with one attached hydrogen (secondary N) is 6. The normalized spacial score (nSPS) is 17.2. The summed E-state index contributed by atoms with van der Waals surface area (Å²) >= 11 is 0. The maximum atomic E-state index is 14.8. The molecule has 7 fully saturated rings. The molecule has 7 saturated heterocycles. The summed E-state index contributed by atoms with van der Waals surface area (Å²) in [4.78, 5) is 118. The molecule has 0 aliphatic carbocycles. The second-order valence-electron chi connectivity index (χ2n) is 34.5. The second-order valence-corrected chi connectivity index (χ2v) is 34.5. The molecule has 0 bridgehead atoms. The number of hydrogen-bond acceptors (Lipinski definition) is 22. The molecule has 0 spiro atoms. The smallest absolute Gasteiger partial charge is 0.337 e. The van der Waals surface area contributed by atoms with E-state index < -0.39 is 35.4 Å². The van der Waals surface area contributed by atoms with Crippen LogP contribution in [0.3, 0.4) is 0 Å². The minimum atomic E-state index is -1.09. The van der Waals surface area contributed by atoms with Crippen LogP contribution in [-0.4, -0.2) is 222 Å². The first kappa shape index (κ1) is 101. The van der Waals surface area contributed by atoms with E-state index in [9.17, 15) is 69.1 Å². The standard InChI is InChI=1S/C25H31FN6O2.C15H21FN2O.C14H20FN3O.C13H16FNO2.C12H14FNO2.C11H13N3O2.C8H6F2O2/c1-16(2)28-24(33)18-5-6-21(19(26)13-18)31-10-8-30(9-11-31)15-17-12-20-23(27-14-17)32-7-3-4-22(32)25(34)29-20;1-11(2)17-15(19)12-6-7-14(13(16)10-12)18-8-4-3-5-9-18;1-10(2)17-14(19)11-3-4-13(12(15)9-11)18-7-5-16-6-8-18;1-17-13(16)10-5-6-12(11(14)9-10)15-7-3-2-4-8-15;13-10-8-9(12(15)16)4-5-11(10)14-6-2-1-3-7-14;15-6-7-4-8-10(12-5-7)14-3-1-2-9(14)11(16)13-8;1-12-8(11)5-2-3-6(9)7(10)4-5/h5-6,12-14,16,22H,3-4,7-11,15H2,1-2H3,(H,28,33)(H,29,34);6-7,10-11H,3-5,8-9H2,1-2H3,(H,17,19);3-4,9-10,16H,5-8H2,1-2H3,(H,17,19);5-6,9H,2-4,7-8H2,1H3;4-5,8H,1-3,6-7H2,(H,15,16);4-5,9,15H,1-3,6H2,(H,13,16);2-4H,1H3/t22-;;;;;9-;/m0....0./s1. The molecule has 0 radical (unpaired) electrons. The maximum absolute atomic E-state index is 14.8. The highest BCUT2D eigenvalue weighted by atomic mass is 19.2. The first-order valence-electron chi connectivity index (χ1n) is 45.6. The summed E-state index contributed by atoms with van der Waals surface area (Å²) < 4.78 is 104. The number of rotatable bonds is 17. The molecule has 2 aromatic heterocycles. The van der Waals surface area contributed by atoms with Gasteiger partial charge in [0.25, 0.3) is 17.7 Å². The van der Waals surface area contributed by atoms with Crippen LogP contribution in [0, 0.1) is 40.7 Å². The van der Waals surface area contributed by atoms with E-state index >= 15 is 0 Å². The highest BCUT2D eigenvalue weighted by molar-refractivity contribution is 6.04. The molecular weight excluding hydrogens is 1730 g/mol. The number of ether oxygens (including phenoxy) is 2. The molecule has 17 rings (SSSR count). The van der Waals surface area contributed by atoms with Crippen LogP contribution in [0.5, 0.6) is 0 Å². The molecule has 35 heteroatoms. The Hall–Kier alpha value is -12.6. The van der Waals surface area contributed by atoms with Crippen LogP contribution in [0.4, 0.5) is 82.2 Å². The quantitative estimate of drug-likeness (QED) is 0.0310. The van der Waals surface area contributed by atoms with Gasteiger partial charge in [0.1, 0.15) is 41.2 Å². The number of piperazine rings is 2. The number of piperidine rings is 3. The Balaban J connectivity index is 0.000000154. The van der Waals surface area contributed by atoms with E-state index in [1.165, 1.54) is 63.8 Å². The fourth-order valence-corrected chi connectivity index (χ4v) is 16.9. The number of carboxylic acid groups (broad SMARTS) is 1. The van der Waals surface area contributed by atoms with Crippen molar-refractivity contribution in [3.63, 3.8) is 0 Å². The van der Waals surface area contributed by atoms with Gasteiger partial charge in [-0.3, -0.25) is 28.9 Å². The minimum absolute atomic E-state index is 0.00161. The lowest BCUT2D eigenvalue weighted by Gasteiger charge is -2.36. The highest BCUT2D eigenvalue weighted by Crippen LogP contribution is 2.38. The van der Waals surface area contributed by atoms with Gasteiger partial charge in [0.2, 0.25) is 11.8 Å². The van der Waals surface area contributed by atoms with Crippen molar-refractivity contribution in [1.29, 1.82) is 0 Å². The molecule has 9 aliphatic heterocycles. The molecular formula is C98H121F7N16O12. The monoisotopic (exact) mass is 1850 g/mol. The number of halogens is 7. The van der Waals surface area contributed by atoms with Gasteiger partial charge in [-0.25, -0.2) is 55.1 Å². The summed E-state index contributed by atoms with van der Waals surface area (Å²) in [5.74, 6) is -5.05. The predicted octanol–water partition coefficient (Wildman–Crippen LogP) is 14.3. The zero-order valence-electron chi connectivity index (χ0n) is 76.6. The van der Waals surface area contributed by atoms with E-state index in [1.54, 1.807) is 66.9 Å². The average molecular weight is 1850 g/mol. The lowest BCUT2D eigenvalue weighted by Crippen LogP contribution is -2.46. The van der Waals surface area contributed by atoms with Gasteiger partial charge in [-0.2, -0.15) is 0 Å². The Bertz CT molecular complexity index is 5270. The number of methoxy groups -OCH3 is 2. The summed E-state index contributed by atoms with van der Waals surface area (Å²) in [6, 6.07) is 29.3. The number of aliphatic hydroxyl groups excluding tert-OH is 1. The fourth-order valence-electron chi connectivity index (χ4n) is 16.9. The van der Waals surface area contributed by atoms with Crippen molar-refractivity contribution in [3.05, 3.63) is 219 Å². The van der Waals surface area contributed by atoms with Gasteiger partial charge in [0.05, 0.1) is 77.3 Å². The number of pyridine rings is 2. The zero-order valence-corrected chi connectivity index (χ0v) is 76.6. The van der Waals surface area contributed by atoms with Crippen LogP contribution in [0.15, 0.2) is 134 Å². The highest BCUT2D eigenvalue weighted by Gasteiger charge is 2.39. The molecule has 11 heterocycles. The Labute approximate surface area is 771 Å². The SMILES string of the molecule is CC(C)NC(=O)c1ccc(N2CCCCC2)c(F)c1.CC(C)NC(=O)c1ccc(N2CCN(Cc3cnc4c(c3)NC(=O)[C@@H]3CCCN43)CC2)c(F)c1.CC(C)NC(=O)c1ccc(N2CCNCC2)c(F)c1.COC(=O)c1ccc(F)c(F)c1.COC(=O)c1ccc(N2CCCCC2)c(F)c1.O=C(O)c1ccc(N2CCCCC2)c(F)c1.O=C1Nc2cc(CO)cnc2N2CCC[C@@H]12. The number of aromatic carboxylic acids is 1. The number of aromatic nitrogens is 2. The van der Waals surface area contributed by atoms with Crippen molar-refractivity contribution in [2.75, 3.05) is 164 Å². The Morgan fingerprint density at radius 1 is 0.391 bits per heavy atom. The number of anilines is 9. The molecule has 9 aliphatic rings. The molecule has 0 saturated carbocycles. The topological polar surface area (TPSA) is 319 Å². The second kappa shape index (κ2) is 48.7. The van der Waals surface area contributed by atoms with Crippen molar-refractivity contribution >= 4 is 98.9 Å². The minimum Gasteiger partial charge on any atom is -0.478 e. The Morgan fingerprint density at radius 3 is 1.07 bits per heavy atom. The molecule has 6 aromatic carbocycles. The maximum Gasteiger partial charge on any atom is 0.337 e. The number of benzene rings is 6. The first-order valence-corrected chi connectivity index (χ1v) is 45.6. The molecule has 0 unspecified atom stereocenters. The van der Waals surface area contributed by atoms with Gasteiger partial charge in [0.15, 0.2) is 23.3 Å². The lowest BCUT2D eigenvalue weighted by atomic mass is 10.1. The summed E-state index contributed by atoms with van der Waals surface area (Å²) in [7, 11) is 2.46. The van der Waals surface area contributed by atoms with Gasteiger partial charge in [0, 0.05) is 158 Å². The Kier molecular flexibility index (Phi) is 36.9. The van der Waals surface area contributed by atoms with Crippen LogP contribution in [0.2, 0.25) is 0 Å². The molecule has 8 aromatic rings. The van der Waals surface area contributed by atoms with Crippen LogP contribution in [-0.2, 0) is 32.2 Å². The van der Waals surface area contributed by atoms with E-state index in [-0.39, 0.29) is 106 Å². The van der Waals surface area contributed by atoms with E-state index in [0.29, 0.717) is 58.2 Å². The summed E-state index contributed by atoms with van der Waals surface area (Å²) in [5, 5.41) is 35.2. The molecule has 5 amide bonds. The number of amides is 5. The van der Waals surface area contributed by atoms with Crippen molar-refractivity contribution in [2.24, 2.45) is 0 Å². The van der Waals surface area contributed by atoms with E-state index in [4.69, 9.17) is 10.2 Å². The van der Waals surface area contributed by atoms with Gasteiger partial charge < -0.3 is 85.9 Å². The molecule has 714 valence electrons. The number of carboxylic acids is 1. The number of hydrogen-bond donors (Lipinski definition) is 8. The lowest BCUT2D eigenvalue weighted by molar-refractivity contribution is -0.118. The van der Waals surface area contributed by atoms with Crippen LogP contribution < -0.4 is 66.2 Å². The van der Waals surface area contributed by atoms with Crippen molar-refractivity contribution in [3.8, 4) is 0 Å². The van der Waals surface area contributed by atoms with Crippen LogP contribution in [0.1, 0.15) is 198 Å². The Morgan fingerprint density at radius 2 is 0.714 bits per heavy atom. The molecule has 133 heavy (non-hydrogen) atoms. The largest absolute Gasteiger partial charge is 0.478 e. The first-order chi connectivity index (χ1) is 63.9. The van der Waals surface area contributed by atoms with Crippen molar-refractivity contribution in [1.82, 2.24) is 36.1 Å². The van der Waals surface area contributed by atoms with Gasteiger partial charge >= 0.3 is 17.9 Å². The third-order valence-corrected chi connectivity index (χ3v) is 23.7. The van der Waals surface area contributed by atoms with E-state index in [1.807, 2.05) is 73.4 Å². The predicted molar refractivity (Wildman–Crippen MR) is 499 cm³/mol. The number of carbonyl (C=O) groups is 8. The summed E-state index contributed by atoms with van der Waals surface area (Å²) in [6.45, 7) is 25.2. The molecule has 2 atom stereocenters. The zero-order chi connectivity index (χ0) is 95.5. The third-order valence-electron chi connectivity index (χ3n) is 23.7. The van der Waals surface area contributed by atoms with E-state index in [0.717, 1.165) is 221 Å². The third kappa shape index (κ3) is 27.8. The number of carbonyl (C=O) groups excluding carboxylic acids is 7. The van der Waals surface area contributed by atoms with E-state index in [2.05, 4.69) is 70.9 Å². The van der Waals surface area contributed by atoms with Crippen molar-refractivity contribution in [2.45, 2.75) is 168 Å². The number of aliphatic hydroxyl groups is 1. The molecule has 28 nitrogen and oxygen atoms in total. The summed E-state index contributed by atoms with van der Waals surface area (Å²) in [5.41, 5.74) is 7.43. The average Bonchev–Trinajstić information content (AvgIpc) is 1.69. The van der Waals surface area contributed by atoms with Gasteiger partial charge in [-0.05, 0) is 257 Å². The number of fused-ring (bicyclic) bond motifs is 6.